The average molecular weight is 537 g/mol. The van der Waals surface area contributed by atoms with E-state index < -0.39 is 35.0 Å². The van der Waals surface area contributed by atoms with Crippen LogP contribution < -0.4 is 16.0 Å². The van der Waals surface area contributed by atoms with Crippen molar-refractivity contribution in [1.82, 2.24) is 10.3 Å². The number of carbonyl (C=O) groups excluding carboxylic acids is 2. The number of thioether (sulfide) groups is 1. The van der Waals surface area contributed by atoms with E-state index in [0.29, 0.717) is 36.3 Å². The number of hydrogen-bond acceptors (Lipinski definition) is 9. The highest BCUT2D eigenvalue weighted by Gasteiger charge is 2.34. The number of nitrogens with one attached hydrogen (secondary N) is 1. The van der Waals surface area contributed by atoms with Crippen LogP contribution in [0.4, 0.5) is 10.6 Å². The van der Waals surface area contributed by atoms with Crippen LogP contribution in [0.2, 0.25) is 0 Å². The Bertz CT molecular complexity index is 1270. The van der Waals surface area contributed by atoms with E-state index >= 15 is 0 Å². The van der Waals surface area contributed by atoms with Crippen LogP contribution in [-0.2, 0) is 16.0 Å². The van der Waals surface area contributed by atoms with E-state index in [2.05, 4.69) is 22.4 Å². The number of ether oxygens (including phenoxy) is 1. The van der Waals surface area contributed by atoms with Crippen LogP contribution in [0.5, 0.6) is 0 Å². The molecule has 0 radical (unpaired) electrons. The lowest BCUT2D eigenvalue weighted by Gasteiger charge is -2.37. The molecule has 200 valence electrons. The number of benzene rings is 1. The lowest BCUT2D eigenvalue weighted by Crippen LogP contribution is -2.55. The van der Waals surface area contributed by atoms with Gasteiger partial charge in [-0.3, -0.25) is 4.79 Å². The van der Waals surface area contributed by atoms with Gasteiger partial charge in [0.2, 0.25) is 5.91 Å². The summed E-state index contributed by atoms with van der Waals surface area (Å²) in [5, 5.41) is 33.0. The predicted octanol–water partition coefficient (Wildman–Crippen LogP) is 3.17. The minimum Gasteiger partial charge on any atom is -0.444 e. The number of pyridine rings is 1. The maximum atomic E-state index is 12.4. The summed E-state index contributed by atoms with van der Waals surface area (Å²) in [6.07, 6.45) is -0.801. The summed E-state index contributed by atoms with van der Waals surface area (Å²) >= 11 is 1.06. The molecule has 4 N–H and O–H groups in total. The van der Waals surface area contributed by atoms with Crippen molar-refractivity contribution in [1.29, 1.82) is 10.5 Å². The van der Waals surface area contributed by atoms with Gasteiger partial charge in [0.15, 0.2) is 0 Å². The Balaban J connectivity index is 1.95. The van der Waals surface area contributed by atoms with Crippen molar-refractivity contribution in [2.24, 2.45) is 5.73 Å². The van der Waals surface area contributed by atoms with E-state index in [1.54, 1.807) is 49.9 Å². The highest BCUT2D eigenvalue weighted by Crippen LogP contribution is 2.40. The van der Waals surface area contributed by atoms with E-state index in [0.717, 1.165) is 11.8 Å². The minimum atomic E-state index is -0.955. The topological polar surface area (TPSA) is 165 Å². The van der Waals surface area contributed by atoms with Crippen molar-refractivity contribution in [2.45, 2.75) is 68.6 Å². The lowest BCUT2D eigenvalue weighted by atomic mass is 9.98. The summed E-state index contributed by atoms with van der Waals surface area (Å²) in [7, 11) is 0. The predicted molar refractivity (Wildman–Crippen MR) is 143 cm³/mol. The zero-order valence-electron chi connectivity index (χ0n) is 21.9. The van der Waals surface area contributed by atoms with Crippen LogP contribution >= 0.6 is 11.8 Å². The number of anilines is 1. The minimum absolute atomic E-state index is 0.0965. The number of piperidine rings is 1. The number of hydrogen-bond donors (Lipinski definition) is 3. The SMILES string of the molecule is CCc1c(C#N)c(SC(C(N)=O)c2ccccc2)nc(N2CC[C@@H](NC(=O)OC(C)(C)C)[C@H](O)C2)c1C#N. The third-order valence-electron chi connectivity index (χ3n) is 6.00. The number of primary amides is 1. The molecule has 0 saturated carbocycles. The first-order valence-electron chi connectivity index (χ1n) is 12.3. The van der Waals surface area contributed by atoms with Gasteiger partial charge in [-0.2, -0.15) is 10.5 Å². The number of rotatable bonds is 7. The molecular formula is C27H32N6O4S. The zero-order valence-corrected chi connectivity index (χ0v) is 22.7. The number of nitrogens with zero attached hydrogens (tertiary/aromatic N) is 4. The number of alkyl carbamates (subject to hydrolysis) is 1. The van der Waals surface area contributed by atoms with E-state index in [-0.39, 0.29) is 22.7 Å². The van der Waals surface area contributed by atoms with Gasteiger partial charge in [-0.15, -0.1) is 0 Å². The van der Waals surface area contributed by atoms with Crippen molar-refractivity contribution < 1.29 is 19.4 Å². The molecule has 1 saturated heterocycles. The molecule has 1 aromatic heterocycles. The van der Waals surface area contributed by atoms with Gasteiger partial charge in [0.25, 0.3) is 0 Å². The Labute approximate surface area is 226 Å². The van der Waals surface area contributed by atoms with Gasteiger partial charge in [-0.1, -0.05) is 49.0 Å². The van der Waals surface area contributed by atoms with Gasteiger partial charge in [0, 0.05) is 13.1 Å². The number of aliphatic hydroxyl groups is 1. The molecule has 2 aromatic rings. The Morgan fingerprint density at radius 1 is 1.26 bits per heavy atom. The molecule has 1 aliphatic heterocycles. The van der Waals surface area contributed by atoms with Crippen molar-refractivity contribution in [3.05, 3.63) is 52.6 Å². The zero-order chi connectivity index (χ0) is 28.0. The molecule has 2 amide bonds. The Kier molecular flexibility index (Phi) is 9.21. The number of amides is 2. The quantitative estimate of drug-likeness (QED) is 0.451. The van der Waals surface area contributed by atoms with Crippen LogP contribution in [0.1, 0.15) is 61.6 Å². The van der Waals surface area contributed by atoms with Gasteiger partial charge in [-0.05, 0) is 44.7 Å². The number of aromatic nitrogens is 1. The third kappa shape index (κ3) is 6.74. The van der Waals surface area contributed by atoms with E-state index in [9.17, 15) is 25.2 Å². The first kappa shape index (κ1) is 28.8. The van der Waals surface area contributed by atoms with Crippen molar-refractivity contribution in [2.75, 3.05) is 18.0 Å². The number of β-amino-alcohol motifs (C(OH)–C–C–N with tert-alkyl or cyclic N) is 1. The molecule has 11 heteroatoms. The second kappa shape index (κ2) is 12.2. The molecule has 10 nitrogen and oxygen atoms in total. The second-order valence-electron chi connectivity index (χ2n) is 9.91. The Hall–Kier alpha value is -3.80. The number of nitriles is 2. The highest BCUT2D eigenvalue weighted by molar-refractivity contribution is 8.00. The first-order valence-corrected chi connectivity index (χ1v) is 13.2. The molecule has 1 aromatic carbocycles. The van der Waals surface area contributed by atoms with Crippen LogP contribution in [0.25, 0.3) is 0 Å². The second-order valence-corrected chi connectivity index (χ2v) is 11.0. The number of carbonyl (C=O) groups is 2. The lowest BCUT2D eigenvalue weighted by molar-refractivity contribution is -0.117. The van der Waals surface area contributed by atoms with E-state index in [1.165, 1.54) is 0 Å². The van der Waals surface area contributed by atoms with Gasteiger partial charge < -0.3 is 25.8 Å². The Morgan fingerprint density at radius 3 is 2.45 bits per heavy atom. The van der Waals surface area contributed by atoms with Gasteiger partial charge in [-0.25, -0.2) is 9.78 Å². The van der Waals surface area contributed by atoms with Crippen LogP contribution in [0.15, 0.2) is 35.4 Å². The van der Waals surface area contributed by atoms with Crippen LogP contribution in [0, 0.1) is 22.7 Å². The summed E-state index contributed by atoms with van der Waals surface area (Å²) in [6.45, 7) is 7.59. The highest BCUT2D eigenvalue weighted by atomic mass is 32.2. The van der Waals surface area contributed by atoms with Gasteiger partial charge in [0.05, 0.1) is 23.3 Å². The van der Waals surface area contributed by atoms with Crippen molar-refractivity contribution in [3.63, 3.8) is 0 Å². The van der Waals surface area contributed by atoms with Gasteiger partial charge in [0.1, 0.15) is 33.8 Å². The average Bonchev–Trinajstić information content (AvgIpc) is 2.86. The van der Waals surface area contributed by atoms with Crippen molar-refractivity contribution >= 4 is 29.6 Å². The molecular weight excluding hydrogens is 504 g/mol. The largest absolute Gasteiger partial charge is 0.444 e. The fraction of sp³-hybridized carbons (Fsp3) is 0.444. The molecule has 1 fully saturated rings. The monoisotopic (exact) mass is 536 g/mol. The van der Waals surface area contributed by atoms with E-state index in [4.69, 9.17) is 10.5 Å². The molecule has 38 heavy (non-hydrogen) atoms. The maximum absolute atomic E-state index is 12.4. The normalized spacial score (nSPS) is 18.1. The van der Waals surface area contributed by atoms with Gasteiger partial charge >= 0.3 is 6.09 Å². The summed E-state index contributed by atoms with van der Waals surface area (Å²) in [4.78, 5) is 31.0. The summed E-state index contributed by atoms with van der Waals surface area (Å²) in [5.74, 6) is -0.266. The standard InChI is InChI=1S/C27H32N6O4S/c1-5-17-18(13-28)24(33-12-11-20(21(34)15-33)31-26(36)37-27(2,3)4)32-25(19(17)14-29)38-22(23(30)35)16-9-7-6-8-10-16/h6-10,20-22,34H,5,11-12,15H2,1-4H3,(H2,30,35)(H,31,36)/t20-,21-,22?/m1/s1. The summed E-state index contributed by atoms with van der Waals surface area (Å²) < 4.78 is 5.30. The molecule has 1 aliphatic rings. The maximum Gasteiger partial charge on any atom is 0.407 e. The van der Waals surface area contributed by atoms with Crippen LogP contribution in [-0.4, -0.2) is 52.9 Å². The smallest absolute Gasteiger partial charge is 0.407 e. The molecule has 0 bridgehead atoms. The molecule has 3 rings (SSSR count). The molecule has 3 atom stereocenters. The molecule has 2 heterocycles. The summed E-state index contributed by atoms with van der Waals surface area (Å²) in [5.41, 5.74) is 6.70. The fourth-order valence-electron chi connectivity index (χ4n) is 4.28. The molecule has 0 aliphatic carbocycles. The first-order chi connectivity index (χ1) is 18.0. The van der Waals surface area contributed by atoms with E-state index in [1.807, 2.05) is 13.0 Å². The molecule has 0 spiro atoms. The fourth-order valence-corrected chi connectivity index (χ4v) is 5.34. The number of aliphatic hydroxyl groups excluding tert-OH is 1. The summed E-state index contributed by atoms with van der Waals surface area (Å²) in [6, 6.07) is 12.8. The molecule has 1 unspecified atom stereocenters. The third-order valence-corrected chi connectivity index (χ3v) is 7.26. The van der Waals surface area contributed by atoms with Crippen LogP contribution in [0.3, 0.4) is 0 Å². The van der Waals surface area contributed by atoms with Crippen molar-refractivity contribution in [3.8, 4) is 12.1 Å². The number of nitrogens with two attached hydrogens (primary N) is 1. The Morgan fingerprint density at radius 2 is 1.92 bits per heavy atom.